The van der Waals surface area contributed by atoms with E-state index in [9.17, 15) is 0 Å². The molecular formula is C15H23NS. The van der Waals surface area contributed by atoms with Crippen molar-refractivity contribution in [2.24, 2.45) is 4.99 Å². The normalized spacial score (nSPS) is 11.8. The number of hydrogen-bond acceptors (Lipinski definition) is 2. The van der Waals surface area contributed by atoms with Crippen LogP contribution in [-0.4, -0.2) is 10.8 Å². The van der Waals surface area contributed by atoms with Crippen LogP contribution in [0.15, 0.2) is 29.3 Å². The molecule has 0 unspecified atom stereocenters. The highest BCUT2D eigenvalue weighted by Crippen LogP contribution is 2.18. The number of aryl methyl sites for hydroxylation is 1. The number of rotatable bonds is 6. The van der Waals surface area contributed by atoms with Gasteiger partial charge in [0.05, 0.1) is 10.7 Å². The quantitative estimate of drug-likeness (QED) is 0.375. The molecule has 0 fully saturated rings. The van der Waals surface area contributed by atoms with Crippen LogP contribution in [0.1, 0.15) is 45.1 Å². The Hall–Kier alpha value is -0.760. The zero-order valence-corrected chi connectivity index (χ0v) is 12.0. The molecule has 0 saturated carbocycles. The smallest absolute Gasteiger partial charge is 0.0735 e. The summed E-state index contributed by atoms with van der Waals surface area (Å²) < 4.78 is 0. The van der Waals surface area contributed by atoms with Crippen molar-refractivity contribution in [2.45, 2.75) is 46.5 Å². The Bertz CT molecular complexity index is 340. The van der Waals surface area contributed by atoms with E-state index in [2.05, 4.69) is 45.0 Å². The van der Waals surface area contributed by atoms with Crippen LogP contribution in [0.3, 0.4) is 0 Å². The van der Waals surface area contributed by atoms with Gasteiger partial charge in [-0.3, -0.25) is 0 Å². The van der Waals surface area contributed by atoms with Gasteiger partial charge in [-0.25, -0.2) is 4.99 Å². The summed E-state index contributed by atoms with van der Waals surface area (Å²) in [4.78, 5) is 4.70. The van der Waals surface area contributed by atoms with Crippen molar-refractivity contribution in [3.8, 4) is 0 Å². The summed E-state index contributed by atoms with van der Waals surface area (Å²) in [5.41, 5.74) is 2.37. The van der Waals surface area contributed by atoms with Crippen molar-refractivity contribution in [2.75, 3.05) is 5.75 Å². The average molecular weight is 249 g/mol. The first-order valence-corrected chi connectivity index (χ1v) is 7.51. The van der Waals surface area contributed by atoms with E-state index in [1.165, 1.54) is 35.6 Å². The molecule has 17 heavy (non-hydrogen) atoms. The minimum Gasteiger partial charge on any atom is -0.247 e. The van der Waals surface area contributed by atoms with Gasteiger partial charge < -0.3 is 0 Å². The summed E-state index contributed by atoms with van der Waals surface area (Å²) in [5.74, 6) is 1.20. The molecule has 0 radical (unpaired) electrons. The zero-order valence-electron chi connectivity index (χ0n) is 11.2. The fourth-order valence-electron chi connectivity index (χ4n) is 1.52. The molecule has 0 aliphatic heterocycles. The molecule has 0 aliphatic rings. The zero-order chi connectivity index (χ0) is 12.5. The van der Waals surface area contributed by atoms with Gasteiger partial charge in [-0.1, -0.05) is 44.4 Å². The van der Waals surface area contributed by atoms with Crippen LogP contribution >= 0.6 is 11.8 Å². The monoisotopic (exact) mass is 249 g/mol. The molecule has 0 heterocycles. The highest BCUT2D eigenvalue weighted by atomic mass is 32.2. The van der Waals surface area contributed by atoms with Crippen LogP contribution in [0.4, 0.5) is 5.69 Å². The third-order valence-corrected chi connectivity index (χ3v) is 3.81. The first kappa shape index (κ1) is 14.3. The maximum absolute atomic E-state index is 4.70. The van der Waals surface area contributed by atoms with Gasteiger partial charge in [0.2, 0.25) is 0 Å². The number of nitrogens with zero attached hydrogens (tertiary/aromatic N) is 1. The fraction of sp³-hybridized carbons (Fsp3) is 0.533. The van der Waals surface area contributed by atoms with Crippen molar-refractivity contribution in [1.29, 1.82) is 0 Å². The number of hydrogen-bond donors (Lipinski definition) is 0. The van der Waals surface area contributed by atoms with E-state index < -0.39 is 0 Å². The summed E-state index contributed by atoms with van der Waals surface area (Å²) in [6, 6.07) is 8.43. The predicted molar refractivity (Wildman–Crippen MR) is 80.5 cm³/mol. The summed E-state index contributed by atoms with van der Waals surface area (Å²) in [6.07, 6.45) is 4.95. The first-order chi connectivity index (χ1) is 8.26. The van der Waals surface area contributed by atoms with Gasteiger partial charge in [0, 0.05) is 0 Å². The van der Waals surface area contributed by atoms with Crippen LogP contribution < -0.4 is 0 Å². The van der Waals surface area contributed by atoms with E-state index in [1.54, 1.807) is 0 Å². The van der Waals surface area contributed by atoms with Crippen molar-refractivity contribution >= 4 is 22.5 Å². The Morgan fingerprint density at radius 1 is 1.12 bits per heavy atom. The second-order valence-corrected chi connectivity index (χ2v) is 5.42. The van der Waals surface area contributed by atoms with Gasteiger partial charge in [0.25, 0.3) is 0 Å². The van der Waals surface area contributed by atoms with E-state index in [1.807, 2.05) is 11.8 Å². The fourth-order valence-corrected chi connectivity index (χ4v) is 2.48. The van der Waals surface area contributed by atoms with E-state index in [-0.39, 0.29) is 0 Å². The number of unbranched alkanes of at least 4 members (excludes halogenated alkanes) is 2. The highest BCUT2D eigenvalue weighted by Gasteiger charge is 1.98. The minimum absolute atomic E-state index is 1.03. The maximum atomic E-state index is 4.70. The van der Waals surface area contributed by atoms with Crippen LogP contribution in [-0.2, 0) is 0 Å². The molecule has 1 rings (SSSR count). The molecule has 0 bridgehead atoms. The van der Waals surface area contributed by atoms with Gasteiger partial charge in [-0.15, -0.1) is 11.8 Å². The van der Waals surface area contributed by atoms with Crippen LogP contribution in [0.2, 0.25) is 0 Å². The SMILES string of the molecule is CCCCCSC(CC)=Nc1ccc(C)cc1. The van der Waals surface area contributed by atoms with E-state index in [0.29, 0.717) is 0 Å². The maximum Gasteiger partial charge on any atom is 0.0735 e. The van der Waals surface area contributed by atoms with Gasteiger partial charge in [-0.2, -0.15) is 0 Å². The Morgan fingerprint density at radius 3 is 2.41 bits per heavy atom. The van der Waals surface area contributed by atoms with Crippen molar-refractivity contribution in [1.82, 2.24) is 0 Å². The standard InChI is InChI=1S/C15H23NS/c1-4-6-7-12-17-15(5-2)16-14-10-8-13(3)9-11-14/h8-11H,4-7,12H2,1-3H3. The number of benzene rings is 1. The van der Waals surface area contributed by atoms with Crippen LogP contribution in [0.5, 0.6) is 0 Å². The highest BCUT2D eigenvalue weighted by molar-refractivity contribution is 8.13. The van der Waals surface area contributed by atoms with E-state index in [4.69, 9.17) is 4.99 Å². The van der Waals surface area contributed by atoms with Crippen molar-refractivity contribution in [3.05, 3.63) is 29.8 Å². The topological polar surface area (TPSA) is 12.4 Å². The molecule has 0 atom stereocenters. The second kappa shape index (κ2) is 8.35. The van der Waals surface area contributed by atoms with Gasteiger partial charge in [0.1, 0.15) is 0 Å². The lowest BCUT2D eigenvalue weighted by atomic mass is 10.2. The lowest BCUT2D eigenvalue weighted by Gasteiger charge is -2.04. The van der Waals surface area contributed by atoms with Gasteiger partial charge in [0.15, 0.2) is 0 Å². The molecule has 1 aromatic carbocycles. The van der Waals surface area contributed by atoms with Gasteiger partial charge >= 0.3 is 0 Å². The summed E-state index contributed by atoms with van der Waals surface area (Å²) in [5, 5.41) is 1.25. The lowest BCUT2D eigenvalue weighted by molar-refractivity contribution is 0.779. The largest absolute Gasteiger partial charge is 0.247 e. The van der Waals surface area contributed by atoms with Crippen LogP contribution in [0.25, 0.3) is 0 Å². The number of thioether (sulfide) groups is 1. The molecule has 1 aromatic rings. The molecule has 0 spiro atoms. The summed E-state index contributed by atoms with van der Waals surface area (Å²) in [7, 11) is 0. The molecule has 0 N–H and O–H groups in total. The van der Waals surface area contributed by atoms with Gasteiger partial charge in [-0.05, 0) is 37.7 Å². The molecule has 2 heteroatoms. The Kier molecular flexibility index (Phi) is 7.02. The summed E-state index contributed by atoms with van der Waals surface area (Å²) in [6.45, 7) is 6.53. The third kappa shape index (κ3) is 5.92. The molecule has 0 aromatic heterocycles. The molecule has 1 nitrogen and oxygen atoms in total. The minimum atomic E-state index is 1.03. The molecule has 0 saturated heterocycles. The van der Waals surface area contributed by atoms with Crippen molar-refractivity contribution < 1.29 is 0 Å². The van der Waals surface area contributed by atoms with Crippen molar-refractivity contribution in [3.63, 3.8) is 0 Å². The Labute approximate surface area is 110 Å². The Balaban J connectivity index is 2.51. The molecule has 0 aliphatic carbocycles. The third-order valence-electron chi connectivity index (χ3n) is 2.61. The molecule has 94 valence electrons. The summed E-state index contributed by atoms with van der Waals surface area (Å²) >= 11 is 1.91. The predicted octanol–water partition coefficient (Wildman–Crippen LogP) is 5.36. The first-order valence-electron chi connectivity index (χ1n) is 6.53. The number of aliphatic imine (C=N–C) groups is 1. The second-order valence-electron chi connectivity index (χ2n) is 4.25. The molecule has 0 amide bonds. The van der Waals surface area contributed by atoms with Crippen LogP contribution in [0, 0.1) is 6.92 Å². The Morgan fingerprint density at radius 2 is 1.82 bits per heavy atom. The molecular weight excluding hydrogens is 226 g/mol. The average Bonchev–Trinajstić information content (AvgIpc) is 2.35. The lowest BCUT2D eigenvalue weighted by Crippen LogP contribution is -1.91. The van der Waals surface area contributed by atoms with E-state index >= 15 is 0 Å². The van der Waals surface area contributed by atoms with E-state index in [0.717, 1.165) is 12.1 Å².